The highest BCUT2D eigenvalue weighted by molar-refractivity contribution is 5.85. The molecule has 1 N–H and O–H groups in total. The number of hydrogen-bond acceptors (Lipinski definition) is 2. The maximum atomic E-state index is 11.3. The van der Waals surface area contributed by atoms with Crippen LogP contribution in [0.5, 0.6) is 0 Å². The Kier molecular flexibility index (Phi) is 3.35. The smallest absolute Gasteiger partial charge is 0.236 e. The molecule has 1 amide bonds. The van der Waals surface area contributed by atoms with Crippen molar-refractivity contribution in [2.24, 2.45) is 0 Å². The van der Waals surface area contributed by atoms with Crippen LogP contribution in [0.2, 0.25) is 0 Å². The Hall–Kier alpha value is -0.280. The third-order valence-electron chi connectivity index (χ3n) is 2.60. The van der Waals surface area contributed by atoms with Crippen LogP contribution in [0.1, 0.15) is 19.3 Å². The second kappa shape index (κ2) is 4.10. The van der Waals surface area contributed by atoms with Gasteiger partial charge in [0.15, 0.2) is 0 Å². The Labute approximate surface area is 78.9 Å². The zero-order valence-corrected chi connectivity index (χ0v) is 7.90. The third-order valence-corrected chi connectivity index (χ3v) is 2.60. The highest BCUT2D eigenvalue weighted by Crippen LogP contribution is 2.18. The molecule has 0 aromatic carbocycles. The molecular formula is C8H15ClN2O. The van der Waals surface area contributed by atoms with Gasteiger partial charge in [-0.2, -0.15) is 0 Å². The molecule has 70 valence electrons. The van der Waals surface area contributed by atoms with Gasteiger partial charge in [-0.15, -0.1) is 12.4 Å². The van der Waals surface area contributed by atoms with E-state index < -0.39 is 0 Å². The van der Waals surface area contributed by atoms with Crippen LogP contribution in [0.25, 0.3) is 0 Å². The molecule has 1 atom stereocenters. The van der Waals surface area contributed by atoms with E-state index >= 15 is 0 Å². The average molecular weight is 191 g/mol. The van der Waals surface area contributed by atoms with Gasteiger partial charge in [-0.05, 0) is 19.3 Å². The Bertz CT molecular complexity index is 172. The minimum atomic E-state index is 0. The Morgan fingerprint density at radius 1 is 1.42 bits per heavy atom. The summed E-state index contributed by atoms with van der Waals surface area (Å²) in [5.41, 5.74) is 0. The molecule has 2 heterocycles. The number of fused-ring (bicyclic) bond motifs is 1. The second-order valence-corrected chi connectivity index (χ2v) is 3.37. The molecule has 2 rings (SSSR count). The molecular weight excluding hydrogens is 176 g/mol. The number of hydrogen-bond donors (Lipinski definition) is 1. The Morgan fingerprint density at radius 3 is 3.00 bits per heavy atom. The SMILES string of the molecule is Cl.O=C1CNCC2CCCCN12. The van der Waals surface area contributed by atoms with E-state index in [2.05, 4.69) is 5.32 Å². The summed E-state index contributed by atoms with van der Waals surface area (Å²) in [7, 11) is 0. The fourth-order valence-electron chi connectivity index (χ4n) is 1.99. The van der Waals surface area contributed by atoms with Crippen LogP contribution in [0.15, 0.2) is 0 Å². The lowest BCUT2D eigenvalue weighted by molar-refractivity contribution is -0.136. The number of halogens is 1. The molecule has 2 fully saturated rings. The van der Waals surface area contributed by atoms with Gasteiger partial charge in [0.2, 0.25) is 5.91 Å². The monoisotopic (exact) mass is 190 g/mol. The third kappa shape index (κ3) is 1.72. The van der Waals surface area contributed by atoms with E-state index in [9.17, 15) is 4.79 Å². The Balaban J connectivity index is 0.000000720. The van der Waals surface area contributed by atoms with Crippen molar-refractivity contribution in [1.82, 2.24) is 10.2 Å². The quantitative estimate of drug-likeness (QED) is 0.600. The van der Waals surface area contributed by atoms with Gasteiger partial charge in [-0.3, -0.25) is 4.79 Å². The molecule has 0 bridgehead atoms. The van der Waals surface area contributed by atoms with E-state index in [1.54, 1.807) is 0 Å². The summed E-state index contributed by atoms with van der Waals surface area (Å²) in [5.74, 6) is 0.293. The number of carbonyl (C=O) groups is 1. The fourth-order valence-corrected chi connectivity index (χ4v) is 1.99. The van der Waals surface area contributed by atoms with Gasteiger partial charge in [-0.1, -0.05) is 0 Å². The van der Waals surface area contributed by atoms with Crippen LogP contribution in [0, 0.1) is 0 Å². The summed E-state index contributed by atoms with van der Waals surface area (Å²) < 4.78 is 0. The highest BCUT2D eigenvalue weighted by Gasteiger charge is 2.29. The average Bonchev–Trinajstić information content (AvgIpc) is 2.06. The lowest BCUT2D eigenvalue weighted by Gasteiger charge is -2.39. The molecule has 12 heavy (non-hydrogen) atoms. The minimum Gasteiger partial charge on any atom is -0.337 e. The predicted octanol–water partition coefficient (Wildman–Crippen LogP) is 0.392. The number of carbonyl (C=O) groups excluding carboxylic acids is 1. The second-order valence-electron chi connectivity index (χ2n) is 3.37. The molecule has 2 aliphatic heterocycles. The van der Waals surface area contributed by atoms with Crippen molar-refractivity contribution in [1.29, 1.82) is 0 Å². The number of piperidine rings is 1. The first-order valence-electron chi connectivity index (χ1n) is 4.38. The number of nitrogens with zero attached hydrogens (tertiary/aromatic N) is 1. The summed E-state index contributed by atoms with van der Waals surface area (Å²) in [6, 6.07) is 0.505. The Morgan fingerprint density at radius 2 is 2.25 bits per heavy atom. The van der Waals surface area contributed by atoms with E-state index in [4.69, 9.17) is 0 Å². The van der Waals surface area contributed by atoms with Gasteiger partial charge < -0.3 is 10.2 Å². The first kappa shape index (κ1) is 9.81. The predicted molar refractivity (Wildman–Crippen MR) is 49.5 cm³/mol. The van der Waals surface area contributed by atoms with Crippen molar-refractivity contribution in [2.45, 2.75) is 25.3 Å². The molecule has 4 heteroatoms. The van der Waals surface area contributed by atoms with Crippen LogP contribution in [-0.4, -0.2) is 36.5 Å². The van der Waals surface area contributed by atoms with Crippen LogP contribution in [-0.2, 0) is 4.79 Å². The molecule has 0 aromatic rings. The van der Waals surface area contributed by atoms with Gasteiger partial charge in [0.25, 0.3) is 0 Å². The maximum absolute atomic E-state index is 11.3. The highest BCUT2D eigenvalue weighted by atomic mass is 35.5. The lowest BCUT2D eigenvalue weighted by atomic mass is 10.0. The number of rotatable bonds is 0. The van der Waals surface area contributed by atoms with E-state index in [0.717, 1.165) is 13.1 Å². The van der Waals surface area contributed by atoms with E-state index in [-0.39, 0.29) is 12.4 Å². The van der Waals surface area contributed by atoms with Crippen LogP contribution < -0.4 is 5.32 Å². The minimum absolute atomic E-state index is 0. The van der Waals surface area contributed by atoms with Gasteiger partial charge in [0.05, 0.1) is 6.54 Å². The van der Waals surface area contributed by atoms with Crippen molar-refractivity contribution in [3.8, 4) is 0 Å². The van der Waals surface area contributed by atoms with Crippen LogP contribution in [0.4, 0.5) is 0 Å². The van der Waals surface area contributed by atoms with E-state index in [1.165, 1.54) is 19.3 Å². The van der Waals surface area contributed by atoms with Gasteiger partial charge in [-0.25, -0.2) is 0 Å². The summed E-state index contributed by atoms with van der Waals surface area (Å²) in [6.45, 7) is 2.55. The van der Waals surface area contributed by atoms with Crippen molar-refractivity contribution in [3.63, 3.8) is 0 Å². The van der Waals surface area contributed by atoms with Crippen LogP contribution >= 0.6 is 12.4 Å². The summed E-state index contributed by atoms with van der Waals surface area (Å²) in [5, 5.41) is 3.14. The molecule has 0 aromatic heterocycles. The summed E-state index contributed by atoms with van der Waals surface area (Å²) in [6.07, 6.45) is 3.68. The normalized spacial score (nSPS) is 29.2. The molecule has 2 saturated heterocycles. The largest absolute Gasteiger partial charge is 0.337 e. The number of piperazine rings is 1. The molecule has 1 unspecified atom stereocenters. The van der Waals surface area contributed by atoms with Crippen molar-refractivity contribution >= 4 is 18.3 Å². The molecule has 0 spiro atoms. The molecule has 2 aliphatic rings. The van der Waals surface area contributed by atoms with Crippen molar-refractivity contribution < 1.29 is 4.79 Å². The first-order valence-corrected chi connectivity index (χ1v) is 4.38. The molecule has 3 nitrogen and oxygen atoms in total. The van der Waals surface area contributed by atoms with E-state index in [0.29, 0.717) is 18.5 Å². The van der Waals surface area contributed by atoms with Crippen molar-refractivity contribution in [3.05, 3.63) is 0 Å². The maximum Gasteiger partial charge on any atom is 0.236 e. The summed E-state index contributed by atoms with van der Waals surface area (Å²) in [4.78, 5) is 13.3. The van der Waals surface area contributed by atoms with Crippen LogP contribution in [0.3, 0.4) is 0 Å². The summed E-state index contributed by atoms with van der Waals surface area (Å²) >= 11 is 0. The number of amides is 1. The topological polar surface area (TPSA) is 32.3 Å². The van der Waals surface area contributed by atoms with Gasteiger partial charge >= 0.3 is 0 Å². The molecule has 0 radical (unpaired) electrons. The molecule has 0 aliphatic carbocycles. The van der Waals surface area contributed by atoms with E-state index in [1.807, 2.05) is 4.90 Å². The first-order chi connectivity index (χ1) is 5.38. The van der Waals surface area contributed by atoms with Crippen molar-refractivity contribution in [2.75, 3.05) is 19.6 Å². The lowest BCUT2D eigenvalue weighted by Crippen LogP contribution is -2.56. The van der Waals surface area contributed by atoms with Gasteiger partial charge in [0, 0.05) is 19.1 Å². The molecule has 0 saturated carbocycles. The van der Waals surface area contributed by atoms with Gasteiger partial charge in [0.1, 0.15) is 0 Å². The standard InChI is InChI=1S/C8H14N2O.ClH/c11-8-6-9-5-7-3-1-2-4-10(7)8;/h7,9H,1-6H2;1H. The number of nitrogens with one attached hydrogen (secondary N) is 1. The zero-order valence-electron chi connectivity index (χ0n) is 7.08. The fraction of sp³-hybridized carbons (Fsp3) is 0.875. The zero-order chi connectivity index (χ0) is 7.68.